The van der Waals surface area contributed by atoms with Crippen LogP contribution in [0.4, 0.5) is 0 Å². The molecule has 8 rings (SSSR count). The van der Waals surface area contributed by atoms with Crippen LogP contribution in [0.25, 0.3) is 31.9 Å². The second-order valence-corrected chi connectivity index (χ2v) is 19.0. The summed E-state index contributed by atoms with van der Waals surface area (Å²) in [6, 6.07) is 39.9. The van der Waals surface area contributed by atoms with Gasteiger partial charge < -0.3 is 24.8 Å². The van der Waals surface area contributed by atoms with Gasteiger partial charge in [0.05, 0.1) is 0 Å². The van der Waals surface area contributed by atoms with Gasteiger partial charge in [-0.3, -0.25) is 0 Å². The van der Waals surface area contributed by atoms with E-state index >= 15 is 0 Å². The predicted molar refractivity (Wildman–Crippen MR) is 165 cm³/mol. The Labute approximate surface area is 268 Å². The van der Waals surface area contributed by atoms with Crippen molar-refractivity contribution in [3.05, 3.63) is 137 Å². The molecule has 4 heteroatoms. The Kier molecular flexibility index (Phi) is 7.61. The first-order valence-corrected chi connectivity index (χ1v) is 19.8. The maximum Gasteiger partial charge on any atom is -1.00 e. The quantitative estimate of drug-likeness (QED) is 0.260. The summed E-state index contributed by atoms with van der Waals surface area (Å²) in [5.41, 5.74) is 10.1. The Balaban J connectivity index is 0.00000151. The molecular weight excluding hydrogens is 635 g/mol. The Morgan fingerprint density at radius 1 is 0.561 bits per heavy atom. The molecule has 1 aliphatic heterocycles. The van der Waals surface area contributed by atoms with Crippen LogP contribution < -0.4 is 30.0 Å². The normalized spacial score (nSPS) is 21.7. The van der Waals surface area contributed by atoms with Crippen molar-refractivity contribution < 1.29 is 48.0 Å². The first kappa shape index (κ1) is 28.9. The van der Waals surface area contributed by atoms with Crippen LogP contribution in [0.2, 0.25) is 6.55 Å². The van der Waals surface area contributed by atoms with E-state index in [0.29, 0.717) is 7.25 Å². The number of halogens is 2. The van der Waals surface area contributed by atoms with Gasteiger partial charge in [0.15, 0.2) is 0 Å². The van der Waals surface area contributed by atoms with Gasteiger partial charge in [0.1, 0.15) is 0 Å². The van der Waals surface area contributed by atoms with Crippen molar-refractivity contribution >= 4 is 45.2 Å². The molecule has 0 nitrogen and oxygen atoms in total. The Bertz CT molecular complexity index is 1770. The molecule has 5 aromatic carbocycles. The van der Waals surface area contributed by atoms with E-state index in [9.17, 15) is 0 Å². The third-order valence-corrected chi connectivity index (χ3v) is 19.3. The molecule has 202 valence electrons. The van der Waals surface area contributed by atoms with Crippen LogP contribution in [0.5, 0.6) is 0 Å². The summed E-state index contributed by atoms with van der Waals surface area (Å²) in [5.74, 6) is 0. The van der Waals surface area contributed by atoms with Crippen LogP contribution >= 0.6 is 0 Å². The van der Waals surface area contributed by atoms with Crippen LogP contribution in [0.15, 0.2) is 114 Å². The van der Waals surface area contributed by atoms with Crippen LogP contribution in [0, 0.1) is 0 Å². The van der Waals surface area contributed by atoms with E-state index in [1.807, 2.05) is 0 Å². The molecule has 0 fully saturated rings. The van der Waals surface area contributed by atoms with E-state index < -0.39 is 31.3 Å². The fourth-order valence-corrected chi connectivity index (χ4v) is 19.7. The summed E-state index contributed by atoms with van der Waals surface area (Å²) in [4.78, 5) is 0. The first-order valence-electron chi connectivity index (χ1n) is 14.5. The SMILES string of the molecule is CCC1=C2c3c(ccc4ccccc34)[CH]1[Zr+2][CH]1C(CC)=C(c3c1ccc1ccccc31)[Si]2(C)c1ccccc1.[Cl-].[Cl-]. The van der Waals surface area contributed by atoms with Gasteiger partial charge in [-0.15, -0.1) is 0 Å². The third-order valence-electron chi connectivity index (χ3n) is 9.83. The summed E-state index contributed by atoms with van der Waals surface area (Å²) in [6.07, 6.45) is 2.33. The van der Waals surface area contributed by atoms with E-state index in [2.05, 4.69) is 124 Å². The van der Waals surface area contributed by atoms with Gasteiger partial charge in [0, 0.05) is 0 Å². The van der Waals surface area contributed by atoms with Gasteiger partial charge in [0.25, 0.3) is 0 Å². The van der Waals surface area contributed by atoms with E-state index in [0.717, 1.165) is 12.8 Å². The van der Waals surface area contributed by atoms with Crippen LogP contribution in [0.3, 0.4) is 0 Å². The van der Waals surface area contributed by atoms with Gasteiger partial charge >= 0.3 is 245 Å². The Morgan fingerprint density at radius 2 is 1.00 bits per heavy atom. The average molecular weight is 667 g/mol. The molecule has 0 N–H and O–H groups in total. The van der Waals surface area contributed by atoms with Gasteiger partial charge in [-0.05, 0) is 0 Å². The minimum Gasteiger partial charge on any atom is -1.00 e. The monoisotopic (exact) mass is 664 g/mol. The van der Waals surface area contributed by atoms with E-state index in [-0.39, 0.29) is 24.8 Å². The fraction of sp³-hybridized carbons (Fsp3) is 0.189. The van der Waals surface area contributed by atoms with Gasteiger partial charge in [-0.2, -0.15) is 0 Å². The Hall–Kier alpha value is -2.22. The molecule has 5 aromatic rings. The first-order chi connectivity index (χ1) is 19.2. The van der Waals surface area contributed by atoms with Crippen molar-refractivity contribution in [3.8, 4) is 0 Å². The van der Waals surface area contributed by atoms with E-state index in [4.69, 9.17) is 0 Å². The zero-order valence-electron chi connectivity index (χ0n) is 23.6. The molecule has 2 atom stereocenters. The van der Waals surface area contributed by atoms with Crippen LogP contribution in [0.1, 0.15) is 56.2 Å². The van der Waals surface area contributed by atoms with Gasteiger partial charge in [-0.25, -0.2) is 0 Å². The fourth-order valence-electron chi connectivity index (χ4n) is 8.24. The molecule has 4 bridgehead atoms. The zero-order chi connectivity index (χ0) is 26.3. The average Bonchev–Trinajstić information content (AvgIpc) is 3.51. The number of fused-ring (bicyclic) bond motifs is 12. The van der Waals surface area contributed by atoms with Crippen molar-refractivity contribution in [1.29, 1.82) is 0 Å². The Morgan fingerprint density at radius 3 is 1.46 bits per heavy atom. The number of hydrogen-bond donors (Lipinski definition) is 0. The molecule has 41 heavy (non-hydrogen) atoms. The summed E-state index contributed by atoms with van der Waals surface area (Å²) < 4.78 is 1.32. The minimum absolute atomic E-state index is 0. The summed E-state index contributed by atoms with van der Waals surface area (Å²) in [7, 11) is -2.39. The summed E-state index contributed by atoms with van der Waals surface area (Å²) in [6.45, 7) is 7.60. The predicted octanol–water partition coefficient (Wildman–Crippen LogP) is 3.30. The van der Waals surface area contributed by atoms with Gasteiger partial charge in [0.2, 0.25) is 0 Å². The van der Waals surface area contributed by atoms with Crippen molar-refractivity contribution in [1.82, 2.24) is 0 Å². The number of hydrogen-bond acceptors (Lipinski definition) is 0. The smallest absolute Gasteiger partial charge is 1.00 e. The second-order valence-electron chi connectivity index (χ2n) is 11.5. The minimum atomic E-state index is -2.39. The third kappa shape index (κ3) is 3.87. The maximum atomic E-state index is 2.72. The molecule has 0 spiro atoms. The molecule has 1 heterocycles. The largest absolute Gasteiger partial charge is 1.00 e. The van der Waals surface area contributed by atoms with Crippen LogP contribution in [-0.2, 0) is 23.2 Å². The molecule has 2 unspecified atom stereocenters. The van der Waals surface area contributed by atoms with Crippen molar-refractivity contribution in [2.45, 2.75) is 40.5 Å². The second kappa shape index (κ2) is 10.8. The topological polar surface area (TPSA) is 0 Å². The van der Waals surface area contributed by atoms with E-state index in [1.54, 1.807) is 49.0 Å². The molecule has 0 radical (unpaired) electrons. The standard InChI is InChI=1S/C37H32Si.2ClH.Zr/c1-4-25-23-29-21-19-27-13-9-11-17-32(27)34(29)36(25)38(3,31-15-7-6-8-16-31)37-26(5-2)24-30-22-20-28-14-10-12-18-33(28)35(30)37;;;/h6-24H,4-5H2,1-3H3;2*1H;/q;;;+2/p-2. The maximum absolute atomic E-state index is 2.72. The molecule has 0 saturated carbocycles. The van der Waals surface area contributed by atoms with Crippen molar-refractivity contribution in [2.24, 2.45) is 0 Å². The van der Waals surface area contributed by atoms with Gasteiger partial charge in [-0.1, -0.05) is 0 Å². The molecule has 0 saturated heterocycles. The molecule has 3 aliphatic rings. The van der Waals surface area contributed by atoms with Crippen LogP contribution in [-0.4, -0.2) is 8.07 Å². The molecule has 0 aromatic heterocycles. The summed E-state index contributed by atoms with van der Waals surface area (Å²) >= 11 is -0.910. The number of benzene rings is 5. The van der Waals surface area contributed by atoms with Crippen molar-refractivity contribution in [3.63, 3.8) is 0 Å². The van der Waals surface area contributed by atoms with E-state index in [1.165, 1.54) is 21.5 Å². The summed E-state index contributed by atoms with van der Waals surface area (Å²) in [5, 5.41) is 10.8. The number of allylic oxidation sites excluding steroid dienone is 2. The van der Waals surface area contributed by atoms with Crippen molar-refractivity contribution in [2.75, 3.05) is 0 Å². The zero-order valence-corrected chi connectivity index (χ0v) is 28.6. The molecular formula is C37H32Cl2SiZr. The molecule has 0 amide bonds. The number of rotatable bonds is 3. The molecule has 2 aliphatic carbocycles.